The summed E-state index contributed by atoms with van der Waals surface area (Å²) in [5.41, 5.74) is 1.61. The first-order valence-corrected chi connectivity index (χ1v) is 7.02. The molecular weight excluding hydrogens is 272 g/mol. The summed E-state index contributed by atoms with van der Waals surface area (Å²) >= 11 is 0. The molecule has 3 rings (SSSR count). The van der Waals surface area contributed by atoms with Crippen LogP contribution in [0, 0.1) is 11.6 Å². The van der Waals surface area contributed by atoms with Crippen molar-refractivity contribution in [1.82, 2.24) is 0 Å². The van der Waals surface area contributed by atoms with E-state index in [0.29, 0.717) is 0 Å². The summed E-state index contributed by atoms with van der Waals surface area (Å²) in [6.07, 6.45) is 1.75. The normalized spacial score (nSPS) is 20.7. The van der Waals surface area contributed by atoms with Crippen molar-refractivity contribution in [1.29, 1.82) is 0 Å². The van der Waals surface area contributed by atoms with E-state index in [-0.39, 0.29) is 29.3 Å². The van der Waals surface area contributed by atoms with E-state index < -0.39 is 0 Å². The number of methoxy groups -OCH3 is 1. The average molecular weight is 289 g/mol. The monoisotopic (exact) mass is 289 g/mol. The molecule has 4 heteroatoms. The Morgan fingerprint density at radius 1 is 1.05 bits per heavy atom. The van der Waals surface area contributed by atoms with Gasteiger partial charge in [0.25, 0.3) is 0 Å². The van der Waals surface area contributed by atoms with Gasteiger partial charge in [0, 0.05) is 17.8 Å². The van der Waals surface area contributed by atoms with E-state index in [1.54, 1.807) is 18.2 Å². The second kappa shape index (κ2) is 5.72. The number of halogens is 2. The topological polar surface area (TPSA) is 21.3 Å². The third-order valence-electron chi connectivity index (χ3n) is 4.01. The number of anilines is 1. The van der Waals surface area contributed by atoms with Crippen molar-refractivity contribution in [2.45, 2.75) is 24.8 Å². The van der Waals surface area contributed by atoms with Crippen LogP contribution in [0.5, 0.6) is 5.75 Å². The van der Waals surface area contributed by atoms with E-state index in [9.17, 15) is 8.78 Å². The van der Waals surface area contributed by atoms with Crippen molar-refractivity contribution in [3.8, 4) is 5.75 Å². The van der Waals surface area contributed by atoms with Gasteiger partial charge in [-0.05, 0) is 42.5 Å². The number of hydrogen-bond acceptors (Lipinski definition) is 2. The number of ether oxygens (including phenoxy) is 1. The maximum atomic E-state index is 13.7. The average Bonchev–Trinajstić information content (AvgIpc) is 2.45. The highest BCUT2D eigenvalue weighted by Gasteiger charge is 2.31. The van der Waals surface area contributed by atoms with Gasteiger partial charge in [0.05, 0.1) is 7.11 Å². The van der Waals surface area contributed by atoms with Gasteiger partial charge in [-0.3, -0.25) is 0 Å². The minimum Gasteiger partial charge on any atom is -0.494 e. The molecule has 1 fully saturated rings. The lowest BCUT2D eigenvalue weighted by molar-refractivity contribution is 0.362. The second-order valence-corrected chi connectivity index (χ2v) is 5.38. The zero-order valence-corrected chi connectivity index (χ0v) is 11.8. The molecule has 0 amide bonds. The molecule has 110 valence electrons. The molecule has 0 heterocycles. The number of benzene rings is 2. The van der Waals surface area contributed by atoms with Gasteiger partial charge in [-0.15, -0.1) is 0 Å². The minimum atomic E-state index is -0.374. The highest BCUT2D eigenvalue weighted by molar-refractivity contribution is 5.50. The highest BCUT2D eigenvalue weighted by atomic mass is 19.1. The first kappa shape index (κ1) is 13.9. The molecule has 21 heavy (non-hydrogen) atoms. The zero-order valence-electron chi connectivity index (χ0n) is 11.8. The fraction of sp³-hybridized carbons (Fsp3) is 0.294. The first-order chi connectivity index (χ1) is 10.2. The Morgan fingerprint density at radius 2 is 1.81 bits per heavy atom. The molecule has 1 saturated carbocycles. The molecule has 0 aliphatic heterocycles. The van der Waals surface area contributed by atoms with Crippen molar-refractivity contribution < 1.29 is 13.5 Å². The van der Waals surface area contributed by atoms with Crippen molar-refractivity contribution in [3.05, 3.63) is 59.7 Å². The van der Waals surface area contributed by atoms with E-state index in [1.165, 1.54) is 19.2 Å². The SMILES string of the molecule is COc1cc(NC2CC(c3ccccc3F)C2)ccc1F. The van der Waals surface area contributed by atoms with E-state index in [4.69, 9.17) is 4.74 Å². The van der Waals surface area contributed by atoms with Gasteiger partial charge in [0.1, 0.15) is 5.82 Å². The van der Waals surface area contributed by atoms with Crippen LogP contribution in [0.3, 0.4) is 0 Å². The Balaban J connectivity index is 1.61. The van der Waals surface area contributed by atoms with Crippen LogP contribution in [0.2, 0.25) is 0 Å². The van der Waals surface area contributed by atoms with Crippen molar-refractivity contribution >= 4 is 5.69 Å². The molecular formula is C17H17F2NO. The van der Waals surface area contributed by atoms with Gasteiger partial charge in [-0.1, -0.05) is 18.2 Å². The van der Waals surface area contributed by atoms with E-state index in [1.807, 2.05) is 12.1 Å². The lowest BCUT2D eigenvalue weighted by Gasteiger charge is -2.37. The third kappa shape index (κ3) is 2.84. The molecule has 0 saturated heterocycles. The van der Waals surface area contributed by atoms with Crippen LogP contribution < -0.4 is 10.1 Å². The molecule has 2 nitrogen and oxygen atoms in total. The fourth-order valence-electron chi connectivity index (χ4n) is 2.78. The molecule has 2 aromatic carbocycles. The van der Waals surface area contributed by atoms with Crippen LogP contribution in [0.25, 0.3) is 0 Å². The maximum Gasteiger partial charge on any atom is 0.165 e. The van der Waals surface area contributed by atoms with Crippen molar-refractivity contribution in [3.63, 3.8) is 0 Å². The zero-order chi connectivity index (χ0) is 14.8. The van der Waals surface area contributed by atoms with Crippen LogP contribution in [-0.2, 0) is 0 Å². The molecule has 0 aromatic heterocycles. The lowest BCUT2D eigenvalue weighted by atomic mass is 9.75. The number of hydrogen-bond donors (Lipinski definition) is 1. The van der Waals surface area contributed by atoms with Gasteiger partial charge in [-0.25, -0.2) is 8.78 Å². The Bertz CT molecular complexity index is 638. The quantitative estimate of drug-likeness (QED) is 0.904. The summed E-state index contributed by atoms with van der Waals surface area (Å²) in [5, 5.41) is 3.33. The summed E-state index contributed by atoms with van der Waals surface area (Å²) in [4.78, 5) is 0. The predicted octanol–water partition coefficient (Wildman–Crippen LogP) is 4.33. The lowest BCUT2D eigenvalue weighted by Crippen LogP contribution is -2.34. The van der Waals surface area contributed by atoms with Crippen LogP contribution in [0.4, 0.5) is 14.5 Å². The molecule has 0 spiro atoms. The molecule has 1 aliphatic carbocycles. The molecule has 1 aliphatic rings. The van der Waals surface area contributed by atoms with Gasteiger partial charge in [-0.2, -0.15) is 0 Å². The van der Waals surface area contributed by atoms with Crippen molar-refractivity contribution in [2.24, 2.45) is 0 Å². The summed E-state index contributed by atoms with van der Waals surface area (Å²) in [7, 11) is 1.44. The Labute approximate surface area is 122 Å². The molecule has 1 N–H and O–H groups in total. The second-order valence-electron chi connectivity index (χ2n) is 5.38. The number of rotatable bonds is 4. The van der Waals surface area contributed by atoms with Crippen LogP contribution in [0.1, 0.15) is 24.3 Å². The largest absolute Gasteiger partial charge is 0.494 e. The molecule has 0 atom stereocenters. The summed E-state index contributed by atoms with van der Waals surface area (Å²) in [6.45, 7) is 0. The van der Waals surface area contributed by atoms with Crippen LogP contribution in [0.15, 0.2) is 42.5 Å². The van der Waals surface area contributed by atoms with E-state index in [0.717, 1.165) is 24.1 Å². The van der Waals surface area contributed by atoms with E-state index in [2.05, 4.69) is 5.32 Å². The smallest absolute Gasteiger partial charge is 0.165 e. The molecule has 0 radical (unpaired) electrons. The first-order valence-electron chi connectivity index (χ1n) is 7.02. The van der Waals surface area contributed by atoms with Crippen LogP contribution >= 0.6 is 0 Å². The van der Waals surface area contributed by atoms with Gasteiger partial charge >= 0.3 is 0 Å². The minimum absolute atomic E-state index is 0.135. The standard InChI is InChI=1S/C17H17F2NO/c1-21-17-10-12(6-7-16(17)19)20-13-8-11(9-13)14-4-2-3-5-15(14)18/h2-7,10-11,13,20H,8-9H2,1H3. The molecule has 0 unspecified atom stereocenters. The van der Waals surface area contributed by atoms with Gasteiger partial charge in [0.2, 0.25) is 0 Å². The predicted molar refractivity (Wildman–Crippen MR) is 78.7 cm³/mol. The summed E-state index contributed by atoms with van der Waals surface area (Å²) in [5.74, 6) is -0.0266. The van der Waals surface area contributed by atoms with E-state index >= 15 is 0 Å². The van der Waals surface area contributed by atoms with Crippen molar-refractivity contribution in [2.75, 3.05) is 12.4 Å². The van der Waals surface area contributed by atoms with Gasteiger partial charge < -0.3 is 10.1 Å². The third-order valence-corrected chi connectivity index (χ3v) is 4.01. The highest BCUT2D eigenvalue weighted by Crippen LogP contribution is 2.39. The fourth-order valence-corrected chi connectivity index (χ4v) is 2.78. The Morgan fingerprint density at radius 3 is 2.52 bits per heavy atom. The summed E-state index contributed by atoms with van der Waals surface area (Å²) < 4.78 is 32.0. The molecule has 0 bridgehead atoms. The molecule has 2 aromatic rings. The summed E-state index contributed by atoms with van der Waals surface area (Å²) in [6, 6.07) is 11.9. The Kier molecular flexibility index (Phi) is 3.78. The maximum absolute atomic E-state index is 13.7. The van der Waals surface area contributed by atoms with Gasteiger partial charge in [0.15, 0.2) is 11.6 Å². The number of nitrogens with one attached hydrogen (secondary N) is 1. The van der Waals surface area contributed by atoms with Crippen LogP contribution in [-0.4, -0.2) is 13.2 Å². The Hall–Kier alpha value is -2.10.